The maximum absolute atomic E-state index is 10.7. The molecule has 0 aromatic rings. The third-order valence-electron chi connectivity index (χ3n) is 1.40. The van der Waals surface area contributed by atoms with E-state index in [1.165, 1.54) is 0 Å². The van der Waals surface area contributed by atoms with Crippen LogP contribution < -0.4 is 5.84 Å². The number of hydrogen-bond acceptors (Lipinski definition) is 5. The highest BCUT2D eigenvalue weighted by molar-refractivity contribution is 5.98. The molecule has 0 aromatic carbocycles. The minimum atomic E-state index is -1.48. The summed E-state index contributed by atoms with van der Waals surface area (Å²) in [6, 6.07) is -1.20. The molecule has 66 valence electrons. The Morgan fingerprint density at radius 2 is 2.25 bits per heavy atom. The third kappa shape index (κ3) is 1.35. The van der Waals surface area contributed by atoms with Crippen LogP contribution >= 0.6 is 0 Å². The van der Waals surface area contributed by atoms with Crippen LogP contribution in [0.3, 0.4) is 0 Å². The summed E-state index contributed by atoms with van der Waals surface area (Å²) < 4.78 is 4.08. The molecule has 1 saturated heterocycles. The van der Waals surface area contributed by atoms with Gasteiger partial charge in [-0.25, -0.2) is 20.4 Å². The van der Waals surface area contributed by atoms with Gasteiger partial charge in [-0.2, -0.15) is 0 Å². The maximum Gasteiger partial charge on any atom is 0.422 e. The Labute approximate surface area is 66.7 Å². The van der Waals surface area contributed by atoms with E-state index >= 15 is 0 Å². The zero-order valence-electron chi connectivity index (χ0n) is 5.89. The van der Waals surface area contributed by atoms with Crippen LogP contribution in [0.4, 0.5) is 4.79 Å². The van der Waals surface area contributed by atoms with Gasteiger partial charge < -0.3 is 9.84 Å². The van der Waals surface area contributed by atoms with E-state index in [-0.39, 0.29) is 11.4 Å². The number of carbonyl (C=O) groups excluding carboxylic acids is 2. The fourth-order valence-corrected chi connectivity index (χ4v) is 0.808. The molecule has 1 atom stereocenters. The van der Waals surface area contributed by atoms with Gasteiger partial charge in [-0.1, -0.05) is 0 Å². The lowest BCUT2D eigenvalue weighted by atomic mass is 10.2. The van der Waals surface area contributed by atoms with Crippen molar-refractivity contribution >= 4 is 18.0 Å². The van der Waals surface area contributed by atoms with Gasteiger partial charge in [0, 0.05) is 0 Å². The summed E-state index contributed by atoms with van der Waals surface area (Å²) in [5.74, 6) is 3.27. The third-order valence-corrected chi connectivity index (χ3v) is 1.40. The van der Waals surface area contributed by atoms with Gasteiger partial charge in [0.15, 0.2) is 6.04 Å². The van der Waals surface area contributed by atoms with Gasteiger partial charge in [0.05, 0.1) is 6.42 Å². The minimum Gasteiger partial charge on any atom is -0.464 e. The zero-order valence-corrected chi connectivity index (χ0v) is 5.89. The predicted octanol–water partition coefficient (Wildman–Crippen LogP) is -1.32. The van der Waals surface area contributed by atoms with Crippen LogP contribution in [0, 0.1) is 0 Å². The number of nitrogens with two attached hydrogens (primary N) is 1. The SMILES string of the molecule is NN(C(=O)O)C1CC(=O)OC1=O. The van der Waals surface area contributed by atoms with Crippen LogP contribution in [0.15, 0.2) is 0 Å². The summed E-state index contributed by atoms with van der Waals surface area (Å²) in [5, 5.41) is 8.59. The molecule has 1 unspecified atom stereocenters. The topological polar surface area (TPSA) is 110 Å². The maximum atomic E-state index is 10.7. The number of amides is 1. The Bertz CT molecular complexity index is 250. The van der Waals surface area contributed by atoms with Gasteiger partial charge in [0.25, 0.3) is 0 Å². The van der Waals surface area contributed by atoms with Crippen LogP contribution in [0.5, 0.6) is 0 Å². The van der Waals surface area contributed by atoms with Gasteiger partial charge in [0.1, 0.15) is 0 Å². The Hall–Kier alpha value is -1.63. The van der Waals surface area contributed by atoms with E-state index in [0.29, 0.717) is 0 Å². The van der Waals surface area contributed by atoms with Crippen molar-refractivity contribution in [1.29, 1.82) is 0 Å². The Morgan fingerprint density at radius 3 is 2.58 bits per heavy atom. The first-order valence-corrected chi connectivity index (χ1v) is 3.03. The fourth-order valence-electron chi connectivity index (χ4n) is 0.808. The van der Waals surface area contributed by atoms with E-state index < -0.39 is 24.1 Å². The van der Waals surface area contributed by atoms with E-state index in [1.807, 2.05) is 0 Å². The number of cyclic esters (lactones) is 2. The zero-order chi connectivity index (χ0) is 9.30. The molecule has 1 aliphatic heterocycles. The molecule has 0 aromatic heterocycles. The molecule has 12 heavy (non-hydrogen) atoms. The summed E-state index contributed by atoms with van der Waals surface area (Å²) in [6.07, 6.45) is -1.80. The van der Waals surface area contributed by atoms with Gasteiger partial charge in [-0.3, -0.25) is 4.79 Å². The molecule has 0 saturated carbocycles. The predicted molar refractivity (Wildman–Crippen MR) is 33.6 cm³/mol. The molecular formula is C5H6N2O5. The van der Waals surface area contributed by atoms with Crippen LogP contribution in [0.25, 0.3) is 0 Å². The molecule has 1 aliphatic rings. The van der Waals surface area contributed by atoms with Crippen molar-refractivity contribution in [2.75, 3.05) is 0 Å². The van der Waals surface area contributed by atoms with Crippen molar-refractivity contribution in [3.05, 3.63) is 0 Å². The number of hydrazine groups is 1. The summed E-state index contributed by atoms with van der Waals surface area (Å²) in [5.41, 5.74) is 0. The van der Waals surface area contributed by atoms with Crippen LogP contribution in [-0.4, -0.2) is 34.2 Å². The summed E-state index contributed by atoms with van der Waals surface area (Å²) >= 11 is 0. The van der Waals surface area contributed by atoms with Gasteiger partial charge >= 0.3 is 18.0 Å². The molecule has 0 bridgehead atoms. The highest BCUT2D eigenvalue weighted by Crippen LogP contribution is 2.12. The molecule has 1 amide bonds. The van der Waals surface area contributed by atoms with E-state index in [9.17, 15) is 14.4 Å². The number of carboxylic acid groups (broad SMARTS) is 1. The number of esters is 2. The monoisotopic (exact) mass is 174 g/mol. The van der Waals surface area contributed by atoms with E-state index in [1.54, 1.807) is 0 Å². The summed E-state index contributed by atoms with van der Waals surface area (Å²) in [4.78, 5) is 31.4. The molecule has 3 N–H and O–H groups in total. The Kier molecular flexibility index (Phi) is 1.96. The molecule has 0 spiro atoms. The fraction of sp³-hybridized carbons (Fsp3) is 0.400. The average Bonchev–Trinajstić information content (AvgIpc) is 2.28. The second kappa shape index (κ2) is 2.78. The van der Waals surface area contributed by atoms with Crippen molar-refractivity contribution in [3.63, 3.8) is 0 Å². The Morgan fingerprint density at radius 1 is 1.67 bits per heavy atom. The molecule has 1 heterocycles. The molecule has 1 fully saturated rings. The largest absolute Gasteiger partial charge is 0.464 e. The number of carbonyl (C=O) groups is 3. The molecule has 0 aliphatic carbocycles. The highest BCUT2D eigenvalue weighted by Gasteiger charge is 2.39. The average molecular weight is 174 g/mol. The van der Waals surface area contributed by atoms with Crippen LogP contribution in [0.1, 0.15) is 6.42 Å². The molecular weight excluding hydrogens is 168 g/mol. The number of nitrogens with zero attached hydrogens (tertiary/aromatic N) is 1. The van der Waals surface area contributed by atoms with Crippen molar-refractivity contribution in [2.45, 2.75) is 12.5 Å². The van der Waals surface area contributed by atoms with Gasteiger partial charge in [-0.15, -0.1) is 0 Å². The van der Waals surface area contributed by atoms with Crippen molar-refractivity contribution in [3.8, 4) is 0 Å². The first-order valence-electron chi connectivity index (χ1n) is 3.03. The lowest BCUT2D eigenvalue weighted by molar-refractivity contribution is -0.153. The summed E-state index contributed by atoms with van der Waals surface area (Å²) in [7, 11) is 0. The summed E-state index contributed by atoms with van der Waals surface area (Å²) in [6.45, 7) is 0. The molecule has 1 rings (SSSR count). The van der Waals surface area contributed by atoms with Crippen LogP contribution in [-0.2, 0) is 14.3 Å². The number of rotatable bonds is 1. The molecule has 0 radical (unpaired) electrons. The number of hydrogen-bond donors (Lipinski definition) is 2. The van der Waals surface area contributed by atoms with E-state index in [2.05, 4.69) is 4.74 Å². The number of ether oxygens (including phenoxy) is 1. The first-order chi connectivity index (χ1) is 5.52. The highest BCUT2D eigenvalue weighted by atomic mass is 16.6. The molecule has 7 heteroatoms. The smallest absolute Gasteiger partial charge is 0.422 e. The second-order valence-electron chi connectivity index (χ2n) is 2.20. The van der Waals surface area contributed by atoms with Crippen molar-refractivity contribution in [1.82, 2.24) is 5.01 Å². The van der Waals surface area contributed by atoms with E-state index in [0.717, 1.165) is 0 Å². The lowest BCUT2D eigenvalue weighted by Crippen LogP contribution is -2.47. The minimum absolute atomic E-state index is 0.257. The van der Waals surface area contributed by atoms with Crippen molar-refractivity contribution in [2.24, 2.45) is 5.84 Å². The lowest BCUT2D eigenvalue weighted by Gasteiger charge is -2.14. The van der Waals surface area contributed by atoms with Gasteiger partial charge in [-0.05, 0) is 0 Å². The quantitative estimate of drug-likeness (QED) is 0.168. The van der Waals surface area contributed by atoms with Crippen molar-refractivity contribution < 1.29 is 24.2 Å². The van der Waals surface area contributed by atoms with Gasteiger partial charge in [0.2, 0.25) is 0 Å². The second-order valence-corrected chi connectivity index (χ2v) is 2.20. The molecule has 7 nitrogen and oxygen atoms in total. The Balaban J connectivity index is 2.70. The van der Waals surface area contributed by atoms with Crippen LogP contribution in [0.2, 0.25) is 0 Å². The first kappa shape index (κ1) is 8.47. The van der Waals surface area contributed by atoms with E-state index in [4.69, 9.17) is 10.9 Å². The standard InChI is InChI=1S/C5H6N2O5/c6-7(5(10)11)2-1-3(8)12-4(2)9/h2H,1,6H2,(H,10,11). The normalized spacial score (nSPS) is 22.2.